The number of carbonyl (C=O) groups is 2. The Labute approximate surface area is 171 Å². The lowest BCUT2D eigenvalue weighted by atomic mass is 10.1. The molecule has 0 fully saturated rings. The minimum Gasteiger partial charge on any atom is -0.454 e. The molecule has 1 atom stereocenters. The number of carbonyl (C=O) groups excluding carboxylic acids is 2. The van der Waals surface area contributed by atoms with E-state index in [4.69, 9.17) is 20.8 Å². The summed E-state index contributed by atoms with van der Waals surface area (Å²) in [6, 6.07) is 15.5. The number of hydrogen-bond acceptors (Lipinski definition) is 6. The zero-order valence-electron chi connectivity index (χ0n) is 15.5. The molecule has 0 bridgehead atoms. The summed E-state index contributed by atoms with van der Waals surface area (Å²) in [5.41, 5.74) is 1.35. The van der Waals surface area contributed by atoms with E-state index in [0.29, 0.717) is 10.6 Å². The van der Waals surface area contributed by atoms with Crippen LogP contribution in [0.1, 0.15) is 18.5 Å². The molecule has 3 rings (SSSR count). The van der Waals surface area contributed by atoms with Gasteiger partial charge in [-0.3, -0.25) is 9.59 Å². The summed E-state index contributed by atoms with van der Waals surface area (Å²) >= 11 is 6.10. The average molecular weight is 416 g/mol. The molecule has 1 amide bonds. The number of rotatable bonds is 7. The van der Waals surface area contributed by atoms with Crippen molar-refractivity contribution in [1.82, 2.24) is 15.1 Å². The van der Waals surface area contributed by atoms with E-state index in [2.05, 4.69) is 10.4 Å². The van der Waals surface area contributed by atoms with Crippen LogP contribution >= 0.6 is 11.6 Å². The number of nitrogens with one attached hydrogen (secondary N) is 1. The van der Waals surface area contributed by atoms with Crippen molar-refractivity contribution in [3.63, 3.8) is 0 Å². The van der Waals surface area contributed by atoms with Gasteiger partial charge in [0.2, 0.25) is 5.89 Å². The summed E-state index contributed by atoms with van der Waals surface area (Å²) in [5.74, 6) is -1.99. The molecule has 3 aromatic rings. The lowest BCUT2D eigenvalue weighted by Crippen LogP contribution is -2.32. The van der Waals surface area contributed by atoms with Crippen molar-refractivity contribution in [2.75, 3.05) is 6.61 Å². The number of halogens is 1. The molecule has 0 aliphatic rings. The second-order valence-electron chi connectivity index (χ2n) is 6.17. The third-order valence-electron chi connectivity index (χ3n) is 4.02. The number of ether oxygens (including phenoxy) is 1. The van der Waals surface area contributed by atoms with E-state index in [1.54, 1.807) is 49.4 Å². The first-order valence-electron chi connectivity index (χ1n) is 8.77. The van der Waals surface area contributed by atoms with E-state index in [1.165, 1.54) is 0 Å². The fourth-order valence-corrected chi connectivity index (χ4v) is 2.90. The zero-order valence-corrected chi connectivity index (χ0v) is 16.3. The molecule has 0 spiro atoms. The van der Waals surface area contributed by atoms with Crippen LogP contribution in [0.4, 0.5) is 0 Å². The minimum absolute atomic E-state index is 0.0923. The highest BCUT2D eigenvalue weighted by molar-refractivity contribution is 6.31. The van der Waals surface area contributed by atoms with Gasteiger partial charge >= 0.3 is 11.7 Å². The molecule has 9 heteroatoms. The fraction of sp³-hybridized carbons (Fsp3) is 0.200. The van der Waals surface area contributed by atoms with Crippen molar-refractivity contribution in [1.29, 1.82) is 0 Å². The van der Waals surface area contributed by atoms with Gasteiger partial charge in [0.1, 0.15) is 6.54 Å². The molecule has 0 unspecified atom stereocenters. The standard InChI is InChI=1S/C20H18ClN3O5/c1-13(15-9-5-6-10-16(15)21)22-17(25)12-28-18(26)11-24-20(27)29-19(23-24)14-7-3-2-4-8-14/h2-10,13H,11-12H2,1H3,(H,22,25)/t13-/m1/s1. The number of aromatic nitrogens is 2. The molecule has 29 heavy (non-hydrogen) atoms. The molecular weight excluding hydrogens is 398 g/mol. The van der Waals surface area contributed by atoms with Gasteiger partial charge in [-0.1, -0.05) is 48.0 Å². The van der Waals surface area contributed by atoms with Crippen LogP contribution in [0.5, 0.6) is 0 Å². The van der Waals surface area contributed by atoms with Crippen LogP contribution in [-0.2, 0) is 20.9 Å². The third kappa shape index (κ3) is 5.32. The number of benzene rings is 2. The Morgan fingerprint density at radius 1 is 1.17 bits per heavy atom. The van der Waals surface area contributed by atoms with Crippen molar-refractivity contribution in [3.05, 3.63) is 75.7 Å². The Kier molecular flexibility index (Phi) is 6.46. The van der Waals surface area contributed by atoms with Crippen LogP contribution in [0.15, 0.2) is 63.8 Å². The molecule has 8 nitrogen and oxygen atoms in total. The summed E-state index contributed by atoms with van der Waals surface area (Å²) in [7, 11) is 0. The quantitative estimate of drug-likeness (QED) is 0.595. The maximum Gasteiger partial charge on any atom is 0.437 e. The van der Waals surface area contributed by atoms with Crippen molar-refractivity contribution < 1.29 is 18.7 Å². The van der Waals surface area contributed by atoms with Crippen LogP contribution in [0, 0.1) is 0 Å². The Bertz CT molecular complexity index is 1060. The molecule has 0 aliphatic heterocycles. The van der Waals surface area contributed by atoms with Crippen molar-refractivity contribution >= 4 is 23.5 Å². The maximum absolute atomic E-state index is 12.0. The molecule has 0 saturated carbocycles. The molecule has 0 saturated heterocycles. The van der Waals surface area contributed by atoms with Crippen LogP contribution in [0.2, 0.25) is 5.02 Å². The highest BCUT2D eigenvalue weighted by Gasteiger charge is 2.16. The van der Waals surface area contributed by atoms with Gasteiger partial charge in [0, 0.05) is 10.6 Å². The predicted octanol–water partition coefficient (Wildman–Crippen LogP) is 2.58. The van der Waals surface area contributed by atoms with Gasteiger partial charge in [0.25, 0.3) is 5.91 Å². The normalized spacial score (nSPS) is 11.7. The number of hydrogen-bond donors (Lipinski definition) is 1. The second-order valence-corrected chi connectivity index (χ2v) is 6.58. The van der Waals surface area contributed by atoms with Gasteiger partial charge in [-0.2, -0.15) is 4.68 Å². The summed E-state index contributed by atoms with van der Waals surface area (Å²) in [6.45, 7) is 0.801. The summed E-state index contributed by atoms with van der Waals surface area (Å²) in [6.07, 6.45) is 0. The number of esters is 1. The molecule has 0 aliphatic carbocycles. The molecule has 0 radical (unpaired) electrons. The topological polar surface area (TPSA) is 103 Å². The van der Waals surface area contributed by atoms with Gasteiger partial charge in [-0.05, 0) is 30.7 Å². The lowest BCUT2D eigenvalue weighted by molar-refractivity contribution is -0.149. The SMILES string of the molecule is C[C@@H](NC(=O)COC(=O)Cn1nc(-c2ccccc2)oc1=O)c1ccccc1Cl. The van der Waals surface area contributed by atoms with Gasteiger partial charge in [-0.25, -0.2) is 4.79 Å². The summed E-state index contributed by atoms with van der Waals surface area (Å²) < 4.78 is 10.8. The molecule has 150 valence electrons. The summed E-state index contributed by atoms with van der Waals surface area (Å²) in [5, 5.41) is 7.18. The van der Waals surface area contributed by atoms with Gasteiger partial charge in [-0.15, -0.1) is 5.10 Å². The lowest BCUT2D eigenvalue weighted by Gasteiger charge is -2.15. The van der Waals surface area contributed by atoms with Crippen molar-refractivity contribution in [3.8, 4) is 11.5 Å². The van der Waals surface area contributed by atoms with E-state index in [-0.39, 0.29) is 11.9 Å². The average Bonchev–Trinajstić information content (AvgIpc) is 3.07. The summed E-state index contributed by atoms with van der Waals surface area (Å²) in [4.78, 5) is 35.8. The molecule has 1 N–H and O–H groups in total. The molecule has 1 heterocycles. The molecular formula is C20H18ClN3O5. The fourth-order valence-electron chi connectivity index (χ4n) is 2.60. The Balaban J connectivity index is 1.52. The van der Waals surface area contributed by atoms with Gasteiger partial charge < -0.3 is 14.5 Å². The Hall–Kier alpha value is -3.39. The highest BCUT2D eigenvalue weighted by atomic mass is 35.5. The van der Waals surface area contributed by atoms with Crippen LogP contribution in [0.25, 0.3) is 11.5 Å². The smallest absolute Gasteiger partial charge is 0.437 e. The monoisotopic (exact) mass is 415 g/mol. The van der Waals surface area contributed by atoms with Crippen LogP contribution in [0.3, 0.4) is 0 Å². The first-order valence-corrected chi connectivity index (χ1v) is 9.14. The van der Waals surface area contributed by atoms with E-state index in [9.17, 15) is 14.4 Å². The number of nitrogens with zero attached hydrogens (tertiary/aromatic N) is 2. The molecule has 2 aromatic carbocycles. The first-order chi connectivity index (χ1) is 13.9. The zero-order chi connectivity index (χ0) is 20.8. The Morgan fingerprint density at radius 2 is 1.86 bits per heavy atom. The van der Waals surface area contributed by atoms with Crippen molar-refractivity contribution in [2.24, 2.45) is 0 Å². The van der Waals surface area contributed by atoms with E-state index in [1.807, 2.05) is 12.1 Å². The molecule has 1 aromatic heterocycles. The largest absolute Gasteiger partial charge is 0.454 e. The second kappa shape index (κ2) is 9.20. The van der Waals surface area contributed by atoms with Crippen LogP contribution in [-0.4, -0.2) is 28.3 Å². The van der Waals surface area contributed by atoms with E-state index < -0.39 is 30.8 Å². The van der Waals surface area contributed by atoms with E-state index >= 15 is 0 Å². The maximum atomic E-state index is 12.0. The predicted molar refractivity (Wildman–Crippen MR) is 105 cm³/mol. The minimum atomic E-state index is -0.794. The van der Waals surface area contributed by atoms with Crippen LogP contribution < -0.4 is 11.1 Å². The highest BCUT2D eigenvalue weighted by Crippen LogP contribution is 2.21. The first kappa shape index (κ1) is 20.3. The van der Waals surface area contributed by atoms with Crippen molar-refractivity contribution in [2.45, 2.75) is 19.5 Å². The van der Waals surface area contributed by atoms with Gasteiger partial charge in [0.15, 0.2) is 6.61 Å². The number of amides is 1. The Morgan fingerprint density at radius 3 is 2.59 bits per heavy atom. The third-order valence-corrected chi connectivity index (χ3v) is 4.36. The van der Waals surface area contributed by atoms with E-state index in [0.717, 1.165) is 10.2 Å². The van der Waals surface area contributed by atoms with Gasteiger partial charge in [0.05, 0.1) is 6.04 Å².